The standard InChI is InChI=1S/C27H25ClN2O3/c1-4-18-10-8-11-19(5-2)25(18)29-27(32)24-22(31)16-17(3)30(21-13-7-6-12-20(21)28)26(24)23-14-9-15-33-23/h6-16H,4-5H2,1-3H3,(H,29,32). The fourth-order valence-corrected chi connectivity index (χ4v) is 4.34. The second kappa shape index (κ2) is 9.51. The first-order valence-electron chi connectivity index (χ1n) is 10.9. The SMILES string of the molecule is CCc1cccc(CC)c1NC(=O)c1c(-c2ccco2)n(-c2ccccc2Cl)c(C)cc1=O. The molecule has 33 heavy (non-hydrogen) atoms. The van der Waals surface area contributed by atoms with E-state index in [1.54, 1.807) is 29.7 Å². The molecule has 4 aromatic rings. The van der Waals surface area contributed by atoms with Crippen LogP contribution in [-0.4, -0.2) is 10.5 Å². The zero-order chi connectivity index (χ0) is 23.5. The highest BCUT2D eigenvalue weighted by Crippen LogP contribution is 2.32. The van der Waals surface area contributed by atoms with Crippen LogP contribution in [0.3, 0.4) is 0 Å². The van der Waals surface area contributed by atoms with E-state index in [0.29, 0.717) is 27.9 Å². The van der Waals surface area contributed by atoms with Gasteiger partial charge in [0.05, 0.1) is 17.0 Å². The molecular formula is C27H25ClN2O3. The smallest absolute Gasteiger partial charge is 0.261 e. The number of aryl methyl sites for hydroxylation is 3. The number of hydrogen-bond acceptors (Lipinski definition) is 3. The minimum Gasteiger partial charge on any atom is -0.463 e. The van der Waals surface area contributed by atoms with Crippen LogP contribution in [0.1, 0.15) is 41.0 Å². The number of nitrogens with one attached hydrogen (secondary N) is 1. The van der Waals surface area contributed by atoms with Crippen LogP contribution in [0, 0.1) is 6.92 Å². The van der Waals surface area contributed by atoms with Crippen LogP contribution in [0.15, 0.2) is 76.1 Å². The Morgan fingerprint density at radius 2 is 1.70 bits per heavy atom. The molecule has 0 aliphatic heterocycles. The van der Waals surface area contributed by atoms with Crippen LogP contribution in [0.25, 0.3) is 17.1 Å². The van der Waals surface area contributed by atoms with Gasteiger partial charge in [-0.2, -0.15) is 0 Å². The van der Waals surface area contributed by atoms with Crippen molar-refractivity contribution in [3.8, 4) is 17.1 Å². The molecule has 4 rings (SSSR count). The van der Waals surface area contributed by atoms with Crippen LogP contribution in [0.2, 0.25) is 5.02 Å². The molecule has 0 atom stereocenters. The Labute approximate surface area is 197 Å². The molecule has 0 spiro atoms. The maximum atomic E-state index is 13.7. The number of para-hydroxylation sites is 2. The molecular weight excluding hydrogens is 436 g/mol. The number of aromatic nitrogens is 1. The molecule has 6 heteroatoms. The lowest BCUT2D eigenvalue weighted by Gasteiger charge is -2.20. The quantitative estimate of drug-likeness (QED) is 0.360. The molecule has 0 aliphatic rings. The van der Waals surface area contributed by atoms with E-state index in [1.807, 2.05) is 50.2 Å². The molecule has 2 aromatic carbocycles. The number of benzene rings is 2. The van der Waals surface area contributed by atoms with Gasteiger partial charge in [-0.3, -0.25) is 9.59 Å². The zero-order valence-corrected chi connectivity index (χ0v) is 19.6. The Morgan fingerprint density at radius 1 is 1.00 bits per heavy atom. The van der Waals surface area contributed by atoms with E-state index >= 15 is 0 Å². The van der Waals surface area contributed by atoms with Crippen molar-refractivity contribution in [2.75, 3.05) is 5.32 Å². The molecule has 5 nitrogen and oxygen atoms in total. The van der Waals surface area contributed by atoms with Gasteiger partial charge in [0.25, 0.3) is 5.91 Å². The van der Waals surface area contributed by atoms with Crippen molar-refractivity contribution in [1.29, 1.82) is 0 Å². The molecule has 2 heterocycles. The minimum atomic E-state index is -0.484. The van der Waals surface area contributed by atoms with Crippen molar-refractivity contribution in [2.45, 2.75) is 33.6 Å². The lowest BCUT2D eigenvalue weighted by molar-refractivity contribution is 0.102. The van der Waals surface area contributed by atoms with Crippen molar-refractivity contribution in [2.24, 2.45) is 0 Å². The normalized spacial score (nSPS) is 10.9. The van der Waals surface area contributed by atoms with Gasteiger partial charge in [0.2, 0.25) is 0 Å². The van der Waals surface area contributed by atoms with Gasteiger partial charge in [0.1, 0.15) is 11.3 Å². The molecule has 2 aromatic heterocycles. The number of anilines is 1. The van der Waals surface area contributed by atoms with Crippen LogP contribution >= 0.6 is 11.6 Å². The van der Waals surface area contributed by atoms with Gasteiger partial charge in [-0.25, -0.2) is 0 Å². The number of rotatable bonds is 6. The topological polar surface area (TPSA) is 64.2 Å². The van der Waals surface area contributed by atoms with Gasteiger partial charge in [-0.15, -0.1) is 0 Å². The average Bonchev–Trinajstić information content (AvgIpc) is 3.34. The molecule has 168 valence electrons. The molecule has 0 aliphatic carbocycles. The monoisotopic (exact) mass is 460 g/mol. The molecule has 0 radical (unpaired) electrons. The summed E-state index contributed by atoms with van der Waals surface area (Å²) < 4.78 is 7.48. The van der Waals surface area contributed by atoms with Gasteiger partial charge >= 0.3 is 0 Å². The van der Waals surface area contributed by atoms with E-state index in [4.69, 9.17) is 16.0 Å². The number of carbonyl (C=O) groups is 1. The van der Waals surface area contributed by atoms with E-state index in [9.17, 15) is 9.59 Å². The van der Waals surface area contributed by atoms with Crippen LogP contribution < -0.4 is 10.7 Å². The summed E-state index contributed by atoms with van der Waals surface area (Å²) in [5, 5.41) is 3.52. The van der Waals surface area contributed by atoms with E-state index in [2.05, 4.69) is 5.32 Å². The largest absolute Gasteiger partial charge is 0.463 e. The maximum Gasteiger partial charge on any atom is 0.261 e. The van der Waals surface area contributed by atoms with Crippen molar-refractivity contribution >= 4 is 23.2 Å². The summed E-state index contributed by atoms with van der Waals surface area (Å²) in [6, 6.07) is 18.2. The second-order valence-corrected chi connectivity index (χ2v) is 8.16. The highest BCUT2D eigenvalue weighted by molar-refractivity contribution is 6.32. The molecule has 0 fully saturated rings. The summed E-state index contributed by atoms with van der Waals surface area (Å²) in [6.07, 6.45) is 3.03. The third-order valence-electron chi connectivity index (χ3n) is 5.71. The number of amides is 1. The van der Waals surface area contributed by atoms with Crippen molar-refractivity contribution in [3.05, 3.63) is 105 Å². The summed E-state index contributed by atoms with van der Waals surface area (Å²) in [4.78, 5) is 26.9. The summed E-state index contributed by atoms with van der Waals surface area (Å²) in [5.41, 5.74) is 4.06. The van der Waals surface area contributed by atoms with Gasteiger partial charge in [-0.05, 0) is 55.2 Å². The summed E-state index contributed by atoms with van der Waals surface area (Å²) >= 11 is 6.51. The van der Waals surface area contributed by atoms with Crippen molar-refractivity contribution in [1.82, 2.24) is 4.57 Å². The van der Waals surface area contributed by atoms with E-state index in [0.717, 1.165) is 29.7 Å². The number of pyridine rings is 1. The Morgan fingerprint density at radius 3 is 2.30 bits per heavy atom. The van der Waals surface area contributed by atoms with Crippen LogP contribution in [0.4, 0.5) is 5.69 Å². The lowest BCUT2D eigenvalue weighted by Crippen LogP contribution is -2.27. The van der Waals surface area contributed by atoms with Gasteiger partial charge in [-0.1, -0.05) is 55.8 Å². The highest BCUT2D eigenvalue weighted by atomic mass is 35.5. The predicted octanol–water partition coefficient (Wildman–Crippen LogP) is 6.44. The van der Waals surface area contributed by atoms with E-state index < -0.39 is 5.91 Å². The zero-order valence-electron chi connectivity index (χ0n) is 18.8. The minimum absolute atomic E-state index is 0.00317. The molecule has 1 amide bonds. The Kier molecular flexibility index (Phi) is 6.52. The van der Waals surface area contributed by atoms with Crippen LogP contribution in [0.5, 0.6) is 0 Å². The first-order valence-corrected chi connectivity index (χ1v) is 11.3. The van der Waals surface area contributed by atoms with Crippen molar-refractivity contribution in [3.63, 3.8) is 0 Å². The van der Waals surface area contributed by atoms with Gasteiger partial charge < -0.3 is 14.3 Å². The number of halogens is 1. The molecule has 0 bridgehead atoms. The van der Waals surface area contributed by atoms with Crippen LogP contribution in [-0.2, 0) is 12.8 Å². The highest BCUT2D eigenvalue weighted by Gasteiger charge is 2.25. The van der Waals surface area contributed by atoms with E-state index in [-0.39, 0.29) is 11.0 Å². The second-order valence-electron chi connectivity index (χ2n) is 7.75. The number of nitrogens with zero attached hydrogens (tertiary/aromatic N) is 1. The molecule has 0 saturated carbocycles. The Hall–Kier alpha value is -3.57. The molecule has 0 saturated heterocycles. The summed E-state index contributed by atoms with van der Waals surface area (Å²) in [5.74, 6) is -0.0804. The summed E-state index contributed by atoms with van der Waals surface area (Å²) in [7, 11) is 0. The first kappa shape index (κ1) is 22.6. The molecule has 0 unspecified atom stereocenters. The fraction of sp³-hybridized carbons (Fsp3) is 0.185. The Bertz CT molecular complexity index is 1350. The summed E-state index contributed by atoms with van der Waals surface area (Å²) in [6.45, 7) is 5.88. The fourth-order valence-electron chi connectivity index (χ4n) is 4.12. The number of furan rings is 1. The number of carbonyl (C=O) groups excluding carboxylic acids is 1. The predicted molar refractivity (Wildman–Crippen MR) is 133 cm³/mol. The third kappa shape index (κ3) is 4.24. The maximum absolute atomic E-state index is 13.7. The van der Waals surface area contributed by atoms with E-state index in [1.165, 1.54) is 12.3 Å². The van der Waals surface area contributed by atoms with Crippen molar-refractivity contribution < 1.29 is 9.21 Å². The molecule has 1 N–H and O–H groups in total. The first-order chi connectivity index (χ1) is 16.0. The Balaban J connectivity index is 1.97. The van der Waals surface area contributed by atoms with Gasteiger partial charge in [0.15, 0.2) is 11.2 Å². The third-order valence-corrected chi connectivity index (χ3v) is 6.03. The average molecular weight is 461 g/mol. The lowest BCUT2D eigenvalue weighted by atomic mass is 10.0. The van der Waals surface area contributed by atoms with Gasteiger partial charge in [0, 0.05) is 17.4 Å². The number of hydrogen-bond donors (Lipinski definition) is 1.